The molecule has 1 aromatic heterocycles. The molecule has 1 fully saturated rings. The van der Waals surface area contributed by atoms with E-state index in [9.17, 15) is 4.79 Å². The number of piperidine rings is 1. The van der Waals surface area contributed by atoms with E-state index in [1.165, 1.54) is 0 Å². The normalized spacial score (nSPS) is 19.9. The lowest BCUT2D eigenvalue weighted by Gasteiger charge is -2.34. The van der Waals surface area contributed by atoms with Gasteiger partial charge in [0.1, 0.15) is 5.82 Å². The van der Waals surface area contributed by atoms with Crippen LogP contribution in [-0.4, -0.2) is 39.9 Å². The molecule has 0 aromatic carbocycles. The number of hydrogen-bond acceptors (Lipinski definition) is 4. The largest absolute Gasteiger partial charge is 0.364 e. The minimum Gasteiger partial charge on any atom is -0.364 e. The molecule has 0 aliphatic carbocycles. The molecule has 0 saturated carbocycles. The lowest BCUT2D eigenvalue weighted by Crippen LogP contribution is -2.46. The fourth-order valence-corrected chi connectivity index (χ4v) is 2.24. The number of rotatable bonds is 3. The van der Waals surface area contributed by atoms with Gasteiger partial charge in [-0.15, -0.1) is 0 Å². The summed E-state index contributed by atoms with van der Waals surface area (Å²) in [5, 5.41) is 3.34. The molecule has 0 spiro atoms. The summed E-state index contributed by atoms with van der Waals surface area (Å²) in [4.78, 5) is 22.1. The first kappa shape index (κ1) is 12.8. The standard InChI is InChI=1S/C13H20N4O/c1-10(2)13(18)17-7-3-4-11(9-17)16-12-8-14-5-6-15-12/h5-6,8,10-11H,3-4,7,9H2,1-2H3,(H,15,16)/t11-/m0/s1. The van der Waals surface area contributed by atoms with Crippen molar-refractivity contribution in [1.82, 2.24) is 14.9 Å². The molecular formula is C13H20N4O. The third kappa shape index (κ3) is 3.18. The SMILES string of the molecule is CC(C)C(=O)N1CCC[C@H](Nc2cnccn2)C1. The smallest absolute Gasteiger partial charge is 0.225 e. The fourth-order valence-electron chi connectivity index (χ4n) is 2.24. The monoisotopic (exact) mass is 248 g/mol. The molecule has 2 rings (SSSR count). The highest BCUT2D eigenvalue weighted by molar-refractivity contribution is 5.78. The van der Waals surface area contributed by atoms with E-state index in [0.717, 1.165) is 31.7 Å². The zero-order valence-corrected chi connectivity index (χ0v) is 11.0. The van der Waals surface area contributed by atoms with Crippen LogP contribution in [0.5, 0.6) is 0 Å². The van der Waals surface area contributed by atoms with E-state index >= 15 is 0 Å². The van der Waals surface area contributed by atoms with E-state index in [1.807, 2.05) is 18.7 Å². The Balaban J connectivity index is 1.93. The summed E-state index contributed by atoms with van der Waals surface area (Å²) in [5.74, 6) is 1.09. The van der Waals surface area contributed by atoms with Crippen LogP contribution >= 0.6 is 0 Å². The first-order chi connectivity index (χ1) is 8.66. The quantitative estimate of drug-likeness (QED) is 0.881. The second-order valence-corrected chi connectivity index (χ2v) is 5.01. The van der Waals surface area contributed by atoms with E-state index in [0.29, 0.717) is 0 Å². The highest BCUT2D eigenvalue weighted by Crippen LogP contribution is 2.16. The van der Waals surface area contributed by atoms with Crippen molar-refractivity contribution in [2.24, 2.45) is 5.92 Å². The zero-order chi connectivity index (χ0) is 13.0. The Labute approximate surface area is 108 Å². The number of hydrogen-bond donors (Lipinski definition) is 1. The van der Waals surface area contributed by atoms with Gasteiger partial charge in [0.15, 0.2) is 0 Å². The van der Waals surface area contributed by atoms with Crippen LogP contribution in [0.4, 0.5) is 5.82 Å². The molecular weight excluding hydrogens is 228 g/mol. The molecule has 1 atom stereocenters. The summed E-state index contributed by atoms with van der Waals surface area (Å²) in [6.07, 6.45) is 7.14. The molecule has 1 amide bonds. The lowest BCUT2D eigenvalue weighted by molar-refractivity contribution is -0.135. The molecule has 0 bridgehead atoms. The number of nitrogens with zero attached hydrogens (tertiary/aromatic N) is 3. The van der Waals surface area contributed by atoms with Crippen molar-refractivity contribution in [1.29, 1.82) is 0 Å². The van der Waals surface area contributed by atoms with Crippen LogP contribution in [0.3, 0.4) is 0 Å². The van der Waals surface area contributed by atoms with Crippen molar-refractivity contribution in [3.63, 3.8) is 0 Å². The highest BCUT2D eigenvalue weighted by Gasteiger charge is 2.25. The van der Waals surface area contributed by atoms with E-state index < -0.39 is 0 Å². The summed E-state index contributed by atoms with van der Waals surface area (Å²) < 4.78 is 0. The minimum absolute atomic E-state index is 0.0697. The van der Waals surface area contributed by atoms with Gasteiger partial charge >= 0.3 is 0 Å². The van der Waals surface area contributed by atoms with Crippen LogP contribution in [0.25, 0.3) is 0 Å². The molecule has 2 heterocycles. The van der Waals surface area contributed by atoms with Crippen molar-refractivity contribution >= 4 is 11.7 Å². The van der Waals surface area contributed by atoms with Crippen LogP contribution in [-0.2, 0) is 4.79 Å². The number of aromatic nitrogens is 2. The number of carbonyl (C=O) groups is 1. The predicted octanol–water partition coefficient (Wildman–Crippen LogP) is 1.54. The van der Waals surface area contributed by atoms with Crippen LogP contribution in [0.1, 0.15) is 26.7 Å². The van der Waals surface area contributed by atoms with E-state index in [1.54, 1.807) is 18.6 Å². The Bertz CT molecular complexity index is 393. The fraction of sp³-hybridized carbons (Fsp3) is 0.615. The van der Waals surface area contributed by atoms with Crippen molar-refractivity contribution < 1.29 is 4.79 Å². The molecule has 18 heavy (non-hydrogen) atoms. The maximum atomic E-state index is 12.0. The molecule has 0 unspecified atom stereocenters. The molecule has 1 aliphatic rings. The maximum absolute atomic E-state index is 12.0. The molecule has 1 aromatic rings. The zero-order valence-electron chi connectivity index (χ0n) is 11.0. The summed E-state index contributed by atoms with van der Waals surface area (Å²) in [6, 6.07) is 0.276. The average Bonchev–Trinajstić information content (AvgIpc) is 2.39. The van der Waals surface area contributed by atoms with E-state index in [-0.39, 0.29) is 17.9 Å². The lowest BCUT2D eigenvalue weighted by atomic mass is 10.0. The van der Waals surface area contributed by atoms with Crippen molar-refractivity contribution in [3.8, 4) is 0 Å². The first-order valence-corrected chi connectivity index (χ1v) is 6.48. The Morgan fingerprint density at radius 3 is 3.00 bits per heavy atom. The topological polar surface area (TPSA) is 58.1 Å². The van der Waals surface area contributed by atoms with Crippen LogP contribution in [0.15, 0.2) is 18.6 Å². The Kier molecular flexibility index (Phi) is 4.12. The Morgan fingerprint density at radius 2 is 2.33 bits per heavy atom. The molecule has 5 nitrogen and oxygen atoms in total. The van der Waals surface area contributed by atoms with Crippen LogP contribution in [0.2, 0.25) is 0 Å². The van der Waals surface area contributed by atoms with Gasteiger partial charge in [-0.1, -0.05) is 13.8 Å². The van der Waals surface area contributed by atoms with Crippen molar-refractivity contribution in [3.05, 3.63) is 18.6 Å². The average molecular weight is 248 g/mol. The summed E-state index contributed by atoms with van der Waals surface area (Å²) in [6.45, 7) is 5.52. The number of amides is 1. The second-order valence-electron chi connectivity index (χ2n) is 5.01. The number of carbonyl (C=O) groups excluding carboxylic acids is 1. The van der Waals surface area contributed by atoms with E-state index in [2.05, 4.69) is 15.3 Å². The van der Waals surface area contributed by atoms with Crippen LogP contribution < -0.4 is 5.32 Å². The molecule has 5 heteroatoms. The Morgan fingerprint density at radius 1 is 1.50 bits per heavy atom. The molecule has 0 radical (unpaired) electrons. The molecule has 1 aliphatic heterocycles. The van der Waals surface area contributed by atoms with Gasteiger partial charge < -0.3 is 10.2 Å². The summed E-state index contributed by atoms with van der Waals surface area (Å²) in [7, 11) is 0. The molecule has 1 saturated heterocycles. The van der Waals surface area contributed by atoms with Crippen molar-refractivity contribution in [2.45, 2.75) is 32.7 Å². The maximum Gasteiger partial charge on any atom is 0.225 e. The predicted molar refractivity (Wildman–Crippen MR) is 70.1 cm³/mol. The van der Waals surface area contributed by atoms with Gasteiger partial charge in [-0.3, -0.25) is 9.78 Å². The molecule has 98 valence electrons. The highest BCUT2D eigenvalue weighted by atomic mass is 16.2. The van der Waals surface area contributed by atoms with Gasteiger partial charge in [0.25, 0.3) is 0 Å². The first-order valence-electron chi connectivity index (χ1n) is 6.48. The van der Waals surface area contributed by atoms with Gasteiger partial charge in [-0.05, 0) is 12.8 Å². The second kappa shape index (κ2) is 5.80. The number of likely N-dealkylation sites (tertiary alicyclic amines) is 1. The third-order valence-electron chi connectivity index (χ3n) is 3.14. The van der Waals surface area contributed by atoms with Crippen molar-refractivity contribution in [2.75, 3.05) is 18.4 Å². The van der Waals surface area contributed by atoms with Gasteiger partial charge in [0.05, 0.1) is 6.20 Å². The number of nitrogens with one attached hydrogen (secondary N) is 1. The summed E-state index contributed by atoms with van der Waals surface area (Å²) >= 11 is 0. The minimum atomic E-state index is 0.0697. The van der Waals surface area contributed by atoms with Gasteiger partial charge in [-0.2, -0.15) is 0 Å². The third-order valence-corrected chi connectivity index (χ3v) is 3.14. The van der Waals surface area contributed by atoms with Crippen LogP contribution in [0, 0.1) is 5.92 Å². The summed E-state index contributed by atoms with van der Waals surface area (Å²) in [5.41, 5.74) is 0. The molecule has 1 N–H and O–H groups in total. The Hall–Kier alpha value is -1.65. The van der Waals surface area contributed by atoms with Gasteiger partial charge in [0, 0.05) is 37.4 Å². The van der Waals surface area contributed by atoms with Gasteiger partial charge in [0.2, 0.25) is 5.91 Å². The number of anilines is 1. The van der Waals surface area contributed by atoms with E-state index in [4.69, 9.17) is 0 Å². The van der Waals surface area contributed by atoms with Gasteiger partial charge in [-0.25, -0.2) is 4.98 Å².